The maximum absolute atomic E-state index is 11.8. The van der Waals surface area contributed by atoms with E-state index >= 15 is 0 Å². The Hall–Kier alpha value is -1.89. The largest absolute Gasteiger partial charge is 0.436 e. The first-order chi connectivity index (χ1) is 9.19. The second-order valence-electron chi connectivity index (χ2n) is 4.11. The molecule has 2 rings (SSSR count). The third-order valence-electron chi connectivity index (χ3n) is 2.53. The lowest BCUT2D eigenvalue weighted by atomic mass is 10.2. The zero-order valence-corrected chi connectivity index (χ0v) is 11.5. The Balaban J connectivity index is 1.90. The predicted molar refractivity (Wildman–Crippen MR) is 74.2 cm³/mol. The van der Waals surface area contributed by atoms with Gasteiger partial charge in [0.1, 0.15) is 5.01 Å². The molecule has 19 heavy (non-hydrogen) atoms. The summed E-state index contributed by atoms with van der Waals surface area (Å²) in [4.78, 5) is 11.8. The topological polar surface area (TPSA) is 94.0 Å². The fourth-order valence-electron chi connectivity index (χ4n) is 1.56. The highest BCUT2D eigenvalue weighted by molar-refractivity contribution is 7.15. The van der Waals surface area contributed by atoms with Gasteiger partial charge in [-0.2, -0.15) is 0 Å². The molecule has 0 fully saturated rings. The van der Waals surface area contributed by atoms with Crippen molar-refractivity contribution >= 4 is 28.3 Å². The fraction of sp³-hybridized carbons (Fsp3) is 0.417. The van der Waals surface area contributed by atoms with Crippen LogP contribution in [0.4, 0.5) is 11.0 Å². The number of nitrogens with zero attached hydrogens (tertiary/aromatic N) is 2. The van der Waals surface area contributed by atoms with Gasteiger partial charge in [-0.3, -0.25) is 10.1 Å². The van der Waals surface area contributed by atoms with Crippen LogP contribution in [0, 0.1) is 0 Å². The Labute approximate surface area is 115 Å². The first-order valence-corrected chi connectivity index (χ1v) is 6.99. The number of furan rings is 1. The minimum Gasteiger partial charge on any atom is -0.436 e. The Morgan fingerprint density at radius 1 is 1.42 bits per heavy atom. The molecule has 3 N–H and O–H groups in total. The minimum atomic E-state index is -0.368. The smallest absolute Gasteiger partial charge is 0.293 e. The van der Waals surface area contributed by atoms with Crippen molar-refractivity contribution in [2.75, 3.05) is 11.1 Å². The van der Waals surface area contributed by atoms with Gasteiger partial charge in [-0.1, -0.05) is 31.1 Å². The number of unbranched alkanes of at least 4 members (excludes halogenated alkanes) is 2. The van der Waals surface area contributed by atoms with E-state index in [-0.39, 0.29) is 17.6 Å². The lowest BCUT2D eigenvalue weighted by Gasteiger charge is -1.96. The summed E-state index contributed by atoms with van der Waals surface area (Å²) < 4.78 is 5.03. The van der Waals surface area contributed by atoms with E-state index in [9.17, 15) is 4.79 Å². The monoisotopic (exact) mass is 280 g/mol. The molecule has 0 spiro atoms. The van der Waals surface area contributed by atoms with Crippen molar-refractivity contribution in [2.24, 2.45) is 0 Å². The van der Waals surface area contributed by atoms with Crippen LogP contribution in [0.2, 0.25) is 0 Å². The molecule has 0 aliphatic heterocycles. The van der Waals surface area contributed by atoms with Crippen molar-refractivity contribution in [3.63, 3.8) is 0 Å². The van der Waals surface area contributed by atoms with E-state index in [0.29, 0.717) is 5.13 Å². The molecular weight excluding hydrogens is 264 g/mol. The van der Waals surface area contributed by atoms with E-state index in [2.05, 4.69) is 22.4 Å². The molecule has 0 saturated heterocycles. The van der Waals surface area contributed by atoms with Gasteiger partial charge in [0.25, 0.3) is 5.91 Å². The molecule has 2 heterocycles. The van der Waals surface area contributed by atoms with Crippen LogP contribution < -0.4 is 11.1 Å². The second-order valence-corrected chi connectivity index (χ2v) is 5.18. The number of aromatic nitrogens is 2. The Bertz CT molecular complexity index is 549. The van der Waals surface area contributed by atoms with E-state index in [4.69, 9.17) is 10.2 Å². The zero-order valence-electron chi connectivity index (χ0n) is 10.7. The van der Waals surface area contributed by atoms with Gasteiger partial charge in [-0.15, -0.1) is 10.2 Å². The average Bonchev–Trinajstić information content (AvgIpc) is 2.99. The highest BCUT2D eigenvalue weighted by atomic mass is 32.1. The molecule has 0 bridgehead atoms. The third kappa shape index (κ3) is 3.78. The van der Waals surface area contributed by atoms with E-state index in [1.807, 2.05) is 0 Å². The van der Waals surface area contributed by atoms with Crippen LogP contribution in [0.15, 0.2) is 16.5 Å². The van der Waals surface area contributed by atoms with Crippen molar-refractivity contribution in [2.45, 2.75) is 32.6 Å². The summed E-state index contributed by atoms with van der Waals surface area (Å²) in [5.74, 6) is 0.0101. The summed E-state index contributed by atoms with van der Waals surface area (Å²) in [5.41, 5.74) is 5.41. The number of nitrogens with two attached hydrogens (primary N) is 1. The zero-order chi connectivity index (χ0) is 13.7. The average molecular weight is 280 g/mol. The number of hydrogen-bond acceptors (Lipinski definition) is 6. The summed E-state index contributed by atoms with van der Waals surface area (Å²) in [6.45, 7) is 2.15. The molecule has 6 nitrogen and oxygen atoms in total. The number of nitrogen functional groups attached to an aromatic ring is 1. The van der Waals surface area contributed by atoms with Crippen LogP contribution in [0.1, 0.15) is 41.7 Å². The van der Waals surface area contributed by atoms with Gasteiger partial charge in [0.2, 0.25) is 5.13 Å². The van der Waals surface area contributed by atoms with Crippen molar-refractivity contribution in [3.8, 4) is 0 Å². The van der Waals surface area contributed by atoms with E-state index in [0.717, 1.165) is 17.8 Å². The Morgan fingerprint density at radius 2 is 2.26 bits per heavy atom. The van der Waals surface area contributed by atoms with Gasteiger partial charge in [0.05, 0.1) is 0 Å². The van der Waals surface area contributed by atoms with Crippen LogP contribution in [0.5, 0.6) is 0 Å². The Kier molecular flexibility index (Phi) is 4.51. The molecule has 0 atom stereocenters. The van der Waals surface area contributed by atoms with Gasteiger partial charge in [-0.05, 0) is 12.5 Å². The van der Waals surface area contributed by atoms with Crippen molar-refractivity contribution in [1.82, 2.24) is 10.2 Å². The van der Waals surface area contributed by atoms with Gasteiger partial charge in [0, 0.05) is 12.5 Å². The molecule has 0 aliphatic carbocycles. The lowest BCUT2D eigenvalue weighted by molar-refractivity contribution is 0.0997. The molecule has 0 unspecified atom stereocenters. The molecule has 0 radical (unpaired) electrons. The number of hydrogen-bond donors (Lipinski definition) is 2. The molecule has 102 valence electrons. The summed E-state index contributed by atoms with van der Waals surface area (Å²) >= 11 is 1.39. The maximum Gasteiger partial charge on any atom is 0.293 e. The number of carbonyl (C=O) groups excluding carboxylic acids is 1. The minimum absolute atomic E-state index is 0.167. The van der Waals surface area contributed by atoms with E-state index in [1.54, 1.807) is 0 Å². The van der Waals surface area contributed by atoms with Gasteiger partial charge in [0.15, 0.2) is 11.6 Å². The molecule has 0 aromatic carbocycles. The molecule has 7 heteroatoms. The number of anilines is 2. The van der Waals surface area contributed by atoms with Crippen LogP contribution in [0.3, 0.4) is 0 Å². The highest BCUT2D eigenvalue weighted by Gasteiger charge is 2.13. The lowest BCUT2D eigenvalue weighted by Crippen LogP contribution is -2.10. The molecule has 0 saturated carbocycles. The van der Waals surface area contributed by atoms with E-state index < -0.39 is 0 Å². The molecular formula is C12H16N4O2S. The SMILES string of the molecule is CCCCCc1nnc(NC(=O)c2ccc(N)o2)s1. The maximum atomic E-state index is 11.8. The van der Waals surface area contributed by atoms with Crippen molar-refractivity contribution < 1.29 is 9.21 Å². The van der Waals surface area contributed by atoms with Crippen LogP contribution in [-0.4, -0.2) is 16.1 Å². The van der Waals surface area contributed by atoms with Crippen LogP contribution in [-0.2, 0) is 6.42 Å². The third-order valence-corrected chi connectivity index (χ3v) is 3.43. The Morgan fingerprint density at radius 3 is 2.95 bits per heavy atom. The first kappa shape index (κ1) is 13.5. The highest BCUT2D eigenvalue weighted by Crippen LogP contribution is 2.19. The van der Waals surface area contributed by atoms with Gasteiger partial charge >= 0.3 is 0 Å². The van der Waals surface area contributed by atoms with E-state index in [1.165, 1.54) is 36.3 Å². The van der Waals surface area contributed by atoms with Gasteiger partial charge in [-0.25, -0.2) is 0 Å². The van der Waals surface area contributed by atoms with Crippen LogP contribution in [0.25, 0.3) is 0 Å². The molecule has 1 amide bonds. The predicted octanol–water partition coefficient (Wildman–Crippen LogP) is 2.70. The summed E-state index contributed by atoms with van der Waals surface area (Å²) in [6.07, 6.45) is 4.33. The van der Waals surface area contributed by atoms with Crippen LogP contribution >= 0.6 is 11.3 Å². The van der Waals surface area contributed by atoms with Gasteiger partial charge < -0.3 is 10.2 Å². The number of nitrogens with one attached hydrogen (secondary N) is 1. The number of amides is 1. The molecule has 0 aliphatic rings. The number of aryl methyl sites for hydroxylation is 1. The first-order valence-electron chi connectivity index (χ1n) is 6.18. The fourth-order valence-corrected chi connectivity index (χ4v) is 2.34. The standard InChI is InChI=1S/C12H16N4O2S/c1-2-3-4-5-10-15-16-12(19-10)14-11(17)8-6-7-9(13)18-8/h6-7H,2-5,13H2,1H3,(H,14,16,17). The molecule has 2 aromatic rings. The summed E-state index contributed by atoms with van der Waals surface area (Å²) in [5, 5.41) is 12.0. The second kappa shape index (κ2) is 6.33. The van der Waals surface area contributed by atoms with Crippen molar-refractivity contribution in [1.29, 1.82) is 0 Å². The number of carbonyl (C=O) groups is 1. The van der Waals surface area contributed by atoms with Crippen molar-refractivity contribution in [3.05, 3.63) is 22.9 Å². The normalized spacial score (nSPS) is 10.6. The summed E-state index contributed by atoms with van der Waals surface area (Å²) in [7, 11) is 0. The number of rotatable bonds is 6. The summed E-state index contributed by atoms with van der Waals surface area (Å²) in [6, 6.07) is 3.05. The quantitative estimate of drug-likeness (QED) is 0.793. The molecule has 2 aromatic heterocycles.